The first kappa shape index (κ1) is 14.1. The second kappa shape index (κ2) is 6.70. The molecule has 0 atom stereocenters. The van der Waals surface area contributed by atoms with Gasteiger partial charge in [-0.3, -0.25) is 4.79 Å². The van der Waals surface area contributed by atoms with Gasteiger partial charge in [0, 0.05) is 23.5 Å². The quantitative estimate of drug-likeness (QED) is 0.851. The Hall–Kier alpha value is -2.36. The van der Waals surface area contributed by atoms with Gasteiger partial charge in [-0.15, -0.1) is 0 Å². The molecule has 4 heteroatoms. The third-order valence-electron chi connectivity index (χ3n) is 2.76. The van der Waals surface area contributed by atoms with E-state index in [1.54, 1.807) is 12.1 Å². The van der Waals surface area contributed by atoms with Crippen LogP contribution in [-0.4, -0.2) is 5.91 Å². The number of halogens is 1. The van der Waals surface area contributed by atoms with E-state index in [1.165, 1.54) is 12.1 Å². The number of carbonyl (C=O) groups is 1. The Morgan fingerprint density at radius 1 is 1.05 bits per heavy atom. The normalized spacial score (nSPS) is 10.1. The molecule has 2 aromatic rings. The van der Waals surface area contributed by atoms with Gasteiger partial charge in [0.1, 0.15) is 5.82 Å². The van der Waals surface area contributed by atoms with E-state index in [2.05, 4.69) is 10.6 Å². The van der Waals surface area contributed by atoms with Crippen LogP contribution in [0.25, 0.3) is 0 Å². The number of rotatable bonds is 5. The Morgan fingerprint density at radius 3 is 2.40 bits per heavy atom. The average molecular weight is 272 g/mol. The molecule has 0 radical (unpaired) electrons. The van der Waals surface area contributed by atoms with Gasteiger partial charge >= 0.3 is 0 Å². The third kappa shape index (κ3) is 4.09. The van der Waals surface area contributed by atoms with Crippen LogP contribution < -0.4 is 10.6 Å². The number of amides is 1. The monoisotopic (exact) mass is 272 g/mol. The van der Waals surface area contributed by atoms with Crippen LogP contribution in [0.3, 0.4) is 0 Å². The summed E-state index contributed by atoms with van der Waals surface area (Å²) in [6.07, 6.45) is 1.34. The second-order valence-electron chi connectivity index (χ2n) is 4.51. The number of carbonyl (C=O) groups excluding carboxylic acids is 1. The first-order valence-electron chi connectivity index (χ1n) is 6.60. The van der Waals surface area contributed by atoms with Gasteiger partial charge in [-0.1, -0.05) is 13.0 Å². The lowest BCUT2D eigenvalue weighted by atomic mass is 10.2. The standard InChI is InChI=1S/C16H17FN2O/c1-2-4-16(20)19-14-9-7-13(8-10-14)18-15-6-3-5-12(17)11-15/h3,5-11,18H,2,4H2,1H3,(H,19,20). The van der Waals surface area contributed by atoms with Crippen LogP contribution >= 0.6 is 0 Å². The Kier molecular flexibility index (Phi) is 4.71. The fourth-order valence-electron chi connectivity index (χ4n) is 1.82. The molecule has 0 aromatic heterocycles. The van der Waals surface area contributed by atoms with Crippen molar-refractivity contribution < 1.29 is 9.18 Å². The Labute approximate surface area is 117 Å². The van der Waals surface area contributed by atoms with E-state index in [4.69, 9.17) is 0 Å². The predicted molar refractivity (Wildman–Crippen MR) is 79.7 cm³/mol. The van der Waals surface area contributed by atoms with Crippen LogP contribution in [0.4, 0.5) is 21.5 Å². The molecule has 2 rings (SSSR count). The molecule has 0 heterocycles. The highest BCUT2D eigenvalue weighted by Crippen LogP contribution is 2.19. The highest BCUT2D eigenvalue weighted by Gasteiger charge is 2.01. The van der Waals surface area contributed by atoms with E-state index in [1.807, 2.05) is 31.2 Å². The minimum atomic E-state index is -0.279. The molecule has 0 unspecified atom stereocenters. The summed E-state index contributed by atoms with van der Waals surface area (Å²) >= 11 is 0. The smallest absolute Gasteiger partial charge is 0.224 e. The van der Waals surface area contributed by atoms with Gasteiger partial charge in [-0.05, 0) is 48.9 Å². The number of hydrogen-bond acceptors (Lipinski definition) is 2. The molecule has 0 aliphatic heterocycles. The zero-order valence-corrected chi connectivity index (χ0v) is 11.3. The molecular formula is C16H17FN2O. The summed E-state index contributed by atoms with van der Waals surface area (Å²) in [5.74, 6) is -0.267. The van der Waals surface area contributed by atoms with Crippen molar-refractivity contribution >= 4 is 23.0 Å². The maximum Gasteiger partial charge on any atom is 0.224 e. The first-order chi connectivity index (χ1) is 9.67. The van der Waals surface area contributed by atoms with Crippen molar-refractivity contribution in [3.63, 3.8) is 0 Å². The van der Waals surface area contributed by atoms with E-state index < -0.39 is 0 Å². The first-order valence-corrected chi connectivity index (χ1v) is 6.60. The minimum Gasteiger partial charge on any atom is -0.355 e. The lowest BCUT2D eigenvalue weighted by Crippen LogP contribution is -2.10. The lowest BCUT2D eigenvalue weighted by Gasteiger charge is -2.08. The molecule has 2 N–H and O–H groups in total. The summed E-state index contributed by atoms with van der Waals surface area (Å²) in [4.78, 5) is 11.5. The van der Waals surface area contributed by atoms with Gasteiger partial charge in [0.15, 0.2) is 0 Å². The summed E-state index contributed by atoms with van der Waals surface area (Å²) in [5.41, 5.74) is 2.28. The summed E-state index contributed by atoms with van der Waals surface area (Å²) in [5, 5.41) is 5.91. The van der Waals surface area contributed by atoms with Gasteiger partial charge in [-0.25, -0.2) is 4.39 Å². The number of nitrogens with one attached hydrogen (secondary N) is 2. The molecule has 0 spiro atoms. The Bertz CT molecular complexity index is 581. The molecule has 3 nitrogen and oxygen atoms in total. The van der Waals surface area contributed by atoms with E-state index in [9.17, 15) is 9.18 Å². The third-order valence-corrected chi connectivity index (χ3v) is 2.76. The number of anilines is 3. The van der Waals surface area contributed by atoms with Crippen LogP contribution in [0, 0.1) is 5.82 Å². The zero-order valence-electron chi connectivity index (χ0n) is 11.3. The average Bonchev–Trinajstić information content (AvgIpc) is 2.41. The fourth-order valence-corrected chi connectivity index (χ4v) is 1.82. The number of benzene rings is 2. The SMILES string of the molecule is CCCC(=O)Nc1ccc(Nc2cccc(F)c2)cc1. The molecule has 0 fully saturated rings. The summed E-state index contributed by atoms with van der Waals surface area (Å²) in [6.45, 7) is 1.96. The number of hydrogen-bond donors (Lipinski definition) is 2. The van der Waals surface area contributed by atoms with Crippen LogP contribution in [-0.2, 0) is 4.79 Å². The van der Waals surface area contributed by atoms with Crippen molar-refractivity contribution in [1.82, 2.24) is 0 Å². The molecule has 1 amide bonds. The van der Waals surface area contributed by atoms with Gasteiger partial charge in [0.25, 0.3) is 0 Å². The van der Waals surface area contributed by atoms with Crippen molar-refractivity contribution in [3.05, 3.63) is 54.3 Å². The van der Waals surface area contributed by atoms with Crippen molar-refractivity contribution in [2.45, 2.75) is 19.8 Å². The highest BCUT2D eigenvalue weighted by molar-refractivity contribution is 5.90. The van der Waals surface area contributed by atoms with Gasteiger partial charge in [0.05, 0.1) is 0 Å². The summed E-state index contributed by atoms with van der Waals surface area (Å²) in [7, 11) is 0. The van der Waals surface area contributed by atoms with E-state index in [0.717, 1.165) is 17.8 Å². The van der Waals surface area contributed by atoms with Crippen molar-refractivity contribution in [3.8, 4) is 0 Å². The van der Waals surface area contributed by atoms with Crippen LogP contribution in [0.15, 0.2) is 48.5 Å². The molecular weight excluding hydrogens is 255 g/mol. The van der Waals surface area contributed by atoms with E-state index >= 15 is 0 Å². The second-order valence-corrected chi connectivity index (χ2v) is 4.51. The van der Waals surface area contributed by atoms with Crippen molar-refractivity contribution in [2.24, 2.45) is 0 Å². The molecule has 20 heavy (non-hydrogen) atoms. The van der Waals surface area contributed by atoms with E-state index in [0.29, 0.717) is 12.1 Å². The Morgan fingerprint density at radius 2 is 1.75 bits per heavy atom. The van der Waals surface area contributed by atoms with Crippen LogP contribution in [0.1, 0.15) is 19.8 Å². The largest absolute Gasteiger partial charge is 0.355 e. The van der Waals surface area contributed by atoms with E-state index in [-0.39, 0.29) is 11.7 Å². The molecule has 104 valence electrons. The van der Waals surface area contributed by atoms with Gasteiger partial charge in [0.2, 0.25) is 5.91 Å². The Balaban J connectivity index is 1.99. The maximum atomic E-state index is 13.1. The van der Waals surface area contributed by atoms with Gasteiger partial charge in [-0.2, -0.15) is 0 Å². The molecule has 0 aliphatic rings. The fraction of sp³-hybridized carbons (Fsp3) is 0.188. The van der Waals surface area contributed by atoms with Crippen LogP contribution in [0.2, 0.25) is 0 Å². The predicted octanol–water partition coefficient (Wildman–Crippen LogP) is 4.31. The molecule has 0 aliphatic carbocycles. The zero-order chi connectivity index (χ0) is 14.4. The maximum absolute atomic E-state index is 13.1. The molecule has 0 bridgehead atoms. The minimum absolute atomic E-state index is 0.0124. The molecule has 0 saturated carbocycles. The van der Waals surface area contributed by atoms with Crippen molar-refractivity contribution in [1.29, 1.82) is 0 Å². The summed E-state index contributed by atoms with van der Waals surface area (Å²) in [6, 6.07) is 13.6. The molecule has 2 aromatic carbocycles. The molecule has 0 saturated heterocycles. The lowest BCUT2D eigenvalue weighted by molar-refractivity contribution is -0.116. The summed E-state index contributed by atoms with van der Waals surface area (Å²) < 4.78 is 13.1. The highest BCUT2D eigenvalue weighted by atomic mass is 19.1. The van der Waals surface area contributed by atoms with Crippen molar-refractivity contribution in [2.75, 3.05) is 10.6 Å². The van der Waals surface area contributed by atoms with Crippen LogP contribution in [0.5, 0.6) is 0 Å². The topological polar surface area (TPSA) is 41.1 Å². The van der Waals surface area contributed by atoms with Gasteiger partial charge < -0.3 is 10.6 Å².